The van der Waals surface area contributed by atoms with E-state index in [2.05, 4.69) is 26.8 Å². The highest BCUT2D eigenvalue weighted by Crippen LogP contribution is 2.58. The third kappa shape index (κ3) is 2.89. The summed E-state index contributed by atoms with van der Waals surface area (Å²) in [5.74, 6) is 8.16. The zero-order valence-corrected chi connectivity index (χ0v) is 17.5. The van der Waals surface area contributed by atoms with Crippen LogP contribution in [0.5, 0.6) is 0 Å². The van der Waals surface area contributed by atoms with Crippen LogP contribution in [0.1, 0.15) is 44.2 Å². The number of imidazole rings is 1. The Morgan fingerprint density at radius 3 is 2.41 bits per heavy atom. The third-order valence-corrected chi connectivity index (χ3v) is 8.00. The number of nitrogens with two attached hydrogens (primary N) is 1. The van der Waals surface area contributed by atoms with Crippen molar-refractivity contribution in [2.75, 3.05) is 12.3 Å². The molecular weight excluding hydrogens is 414 g/mol. The van der Waals surface area contributed by atoms with Crippen LogP contribution in [0, 0.1) is 35.5 Å². The van der Waals surface area contributed by atoms with E-state index >= 15 is 0 Å². The number of nitrogen functional groups attached to an aromatic ring is 1. The molecule has 4 saturated carbocycles. The molecule has 2 aromatic heterocycles. The first kappa shape index (κ1) is 20.3. The quantitative estimate of drug-likeness (QED) is 0.389. The van der Waals surface area contributed by atoms with E-state index < -0.39 is 36.7 Å². The van der Waals surface area contributed by atoms with E-state index in [1.165, 1.54) is 17.3 Å². The maximum Gasteiger partial charge on any atom is 0.209 e. The van der Waals surface area contributed by atoms with Gasteiger partial charge in [-0.05, 0) is 61.7 Å². The summed E-state index contributed by atoms with van der Waals surface area (Å²) >= 11 is 0. The molecule has 6 N–H and O–H groups in total. The van der Waals surface area contributed by atoms with Crippen LogP contribution >= 0.6 is 0 Å². The lowest BCUT2D eigenvalue weighted by Crippen LogP contribution is -2.56. The Morgan fingerprint density at radius 2 is 1.78 bits per heavy atom. The van der Waals surface area contributed by atoms with Crippen molar-refractivity contribution in [1.29, 1.82) is 0 Å². The van der Waals surface area contributed by atoms with Crippen LogP contribution in [0.15, 0.2) is 6.33 Å². The molecule has 4 aliphatic carbocycles. The summed E-state index contributed by atoms with van der Waals surface area (Å²) in [5, 5.41) is 41.3. The summed E-state index contributed by atoms with van der Waals surface area (Å²) < 4.78 is 7.06. The molecule has 170 valence electrons. The highest BCUT2D eigenvalue weighted by atomic mass is 16.6. The fraction of sp³-hybridized carbons (Fsp3) is 0.682. The average molecular weight is 441 g/mol. The van der Waals surface area contributed by atoms with E-state index in [1.807, 2.05) is 0 Å². The van der Waals surface area contributed by atoms with Crippen molar-refractivity contribution in [2.45, 2.75) is 62.2 Å². The van der Waals surface area contributed by atoms with Crippen molar-refractivity contribution < 1.29 is 25.2 Å². The molecule has 2 aromatic rings. The molecular formula is C22H27N5O5. The number of aliphatic hydroxyl groups excluding tert-OH is 3. The van der Waals surface area contributed by atoms with E-state index in [4.69, 9.17) is 10.5 Å². The lowest BCUT2D eigenvalue weighted by atomic mass is 9.50. The molecule has 5 aliphatic rings. The maximum atomic E-state index is 11.5. The third-order valence-electron chi connectivity index (χ3n) is 8.00. The Bertz CT molecular complexity index is 1100. The Kier molecular flexibility index (Phi) is 4.51. The van der Waals surface area contributed by atoms with Crippen LogP contribution < -0.4 is 5.73 Å². The first-order valence-corrected chi connectivity index (χ1v) is 11.3. The molecule has 0 spiro atoms. The fourth-order valence-electron chi connectivity index (χ4n) is 6.55. The fourth-order valence-corrected chi connectivity index (χ4v) is 6.55. The molecule has 1 aliphatic heterocycles. The highest BCUT2D eigenvalue weighted by molar-refractivity contribution is 5.82. The summed E-state index contributed by atoms with van der Waals surface area (Å²) in [4.78, 5) is 12.9. The number of anilines is 1. The van der Waals surface area contributed by atoms with Crippen LogP contribution in [0.3, 0.4) is 0 Å². The predicted molar refractivity (Wildman–Crippen MR) is 112 cm³/mol. The standard InChI is InChI=1S/C22H27N5O5/c23-19-16-20(27(9-24-16)21-18(30)17(29)14(8-28)32-21)26-15(25-19)1-2-22(31)12-4-10-3-11(6-12)7-13(22)5-10/h9-14,17-18,21,28-31H,3-8H2,(H2,23,25,26)/t10?,11?,12?,13?,14-,17-,18-,21-,22?/m1/s1. The molecule has 0 unspecified atom stereocenters. The lowest BCUT2D eigenvalue weighted by Gasteiger charge is -2.56. The first-order valence-electron chi connectivity index (χ1n) is 11.3. The van der Waals surface area contributed by atoms with Gasteiger partial charge in [-0.25, -0.2) is 15.0 Å². The van der Waals surface area contributed by atoms with Crippen LogP contribution in [0.2, 0.25) is 0 Å². The Hall–Kier alpha value is -2.29. The molecule has 5 fully saturated rings. The van der Waals surface area contributed by atoms with E-state index in [9.17, 15) is 20.4 Å². The van der Waals surface area contributed by atoms with Gasteiger partial charge in [0.15, 0.2) is 17.7 Å². The number of hydrogen-bond acceptors (Lipinski definition) is 9. The van der Waals surface area contributed by atoms with Gasteiger partial charge in [0.05, 0.1) is 12.9 Å². The van der Waals surface area contributed by atoms with Crippen molar-refractivity contribution >= 4 is 17.0 Å². The SMILES string of the molecule is Nc1nc(C#CC2(O)C3CC4CC(C3)CC2C4)nc2c1ncn2[C@@H]1O[C@H](CO)[C@@H](O)[C@H]1O. The average Bonchev–Trinajstić information content (AvgIpc) is 3.31. The molecule has 0 aromatic carbocycles. The van der Waals surface area contributed by atoms with Crippen molar-refractivity contribution in [3.63, 3.8) is 0 Å². The number of ether oxygens (including phenoxy) is 1. The summed E-state index contributed by atoms with van der Waals surface area (Å²) in [7, 11) is 0. The van der Waals surface area contributed by atoms with E-state index in [1.54, 1.807) is 0 Å². The normalized spacial score (nSPS) is 42.4. The molecule has 0 amide bonds. The molecule has 4 atom stereocenters. The predicted octanol–water partition coefficient (Wildman–Crippen LogP) is -0.441. The summed E-state index contributed by atoms with van der Waals surface area (Å²) in [6, 6.07) is 0. The Labute approximate surface area is 184 Å². The summed E-state index contributed by atoms with van der Waals surface area (Å²) in [6.07, 6.45) is 2.37. The number of aliphatic hydroxyl groups is 4. The number of aromatic nitrogens is 4. The minimum atomic E-state index is -1.27. The zero-order chi connectivity index (χ0) is 22.2. The van der Waals surface area contributed by atoms with Gasteiger partial charge in [-0.15, -0.1) is 0 Å². The van der Waals surface area contributed by atoms with Gasteiger partial charge in [0.1, 0.15) is 29.4 Å². The molecule has 3 heterocycles. The second-order valence-corrected chi connectivity index (χ2v) is 9.87. The highest BCUT2D eigenvalue weighted by Gasteiger charge is 2.56. The maximum absolute atomic E-state index is 11.5. The molecule has 10 nitrogen and oxygen atoms in total. The van der Waals surface area contributed by atoms with Crippen molar-refractivity contribution in [3.8, 4) is 11.8 Å². The molecule has 32 heavy (non-hydrogen) atoms. The molecule has 0 radical (unpaired) electrons. The van der Waals surface area contributed by atoms with E-state index in [0.29, 0.717) is 23.0 Å². The first-order chi connectivity index (χ1) is 15.4. The Balaban J connectivity index is 1.35. The van der Waals surface area contributed by atoms with Crippen LogP contribution in [-0.4, -0.2) is 70.5 Å². The van der Waals surface area contributed by atoms with E-state index in [-0.39, 0.29) is 23.5 Å². The lowest BCUT2D eigenvalue weighted by molar-refractivity contribution is -0.136. The van der Waals surface area contributed by atoms with Gasteiger partial charge in [0.2, 0.25) is 5.82 Å². The van der Waals surface area contributed by atoms with Gasteiger partial charge in [0.25, 0.3) is 0 Å². The van der Waals surface area contributed by atoms with Gasteiger partial charge in [-0.3, -0.25) is 4.57 Å². The monoisotopic (exact) mass is 441 g/mol. The number of nitrogens with zero attached hydrogens (tertiary/aromatic N) is 4. The molecule has 1 saturated heterocycles. The van der Waals surface area contributed by atoms with Crippen molar-refractivity contribution in [2.24, 2.45) is 23.7 Å². The second-order valence-electron chi connectivity index (χ2n) is 9.87. The van der Waals surface area contributed by atoms with Gasteiger partial charge in [-0.2, -0.15) is 0 Å². The second kappa shape index (κ2) is 7.10. The van der Waals surface area contributed by atoms with Crippen molar-refractivity contribution in [1.82, 2.24) is 19.5 Å². The van der Waals surface area contributed by atoms with Gasteiger partial charge >= 0.3 is 0 Å². The largest absolute Gasteiger partial charge is 0.394 e. The van der Waals surface area contributed by atoms with Crippen LogP contribution in [0.4, 0.5) is 5.82 Å². The van der Waals surface area contributed by atoms with Gasteiger partial charge in [-0.1, -0.05) is 5.92 Å². The number of rotatable bonds is 2. The van der Waals surface area contributed by atoms with Crippen LogP contribution in [-0.2, 0) is 4.74 Å². The molecule has 4 bridgehead atoms. The van der Waals surface area contributed by atoms with Gasteiger partial charge < -0.3 is 30.9 Å². The zero-order valence-electron chi connectivity index (χ0n) is 17.5. The molecule has 7 rings (SSSR count). The summed E-state index contributed by atoms with van der Waals surface area (Å²) in [6.45, 7) is -0.433. The van der Waals surface area contributed by atoms with Crippen molar-refractivity contribution in [3.05, 3.63) is 12.2 Å². The minimum absolute atomic E-state index is 0.127. The molecule has 10 heteroatoms. The van der Waals surface area contributed by atoms with Crippen LogP contribution in [0.25, 0.3) is 11.2 Å². The Morgan fingerprint density at radius 1 is 1.09 bits per heavy atom. The minimum Gasteiger partial charge on any atom is -0.394 e. The number of hydrogen-bond donors (Lipinski definition) is 5. The van der Waals surface area contributed by atoms with Gasteiger partial charge in [0, 0.05) is 0 Å². The summed E-state index contributed by atoms with van der Waals surface area (Å²) in [5.41, 5.74) is 5.69. The number of fused-ring (bicyclic) bond motifs is 1. The van der Waals surface area contributed by atoms with E-state index in [0.717, 1.165) is 25.7 Å². The smallest absolute Gasteiger partial charge is 0.209 e. The topological polar surface area (TPSA) is 160 Å².